The van der Waals surface area contributed by atoms with E-state index in [1.807, 2.05) is 11.8 Å². The Hall–Kier alpha value is -1.49. The van der Waals surface area contributed by atoms with Gasteiger partial charge in [-0.2, -0.15) is 11.8 Å². The van der Waals surface area contributed by atoms with Crippen LogP contribution in [0.5, 0.6) is 0 Å². The number of carboxylic acids is 1. The Morgan fingerprint density at radius 1 is 1.19 bits per heavy atom. The van der Waals surface area contributed by atoms with Crippen molar-refractivity contribution in [2.45, 2.75) is 25.7 Å². The molecule has 0 atom stereocenters. The Bertz CT molecular complexity index is 481. The van der Waals surface area contributed by atoms with Crippen molar-refractivity contribution in [3.05, 3.63) is 35.4 Å². The number of aromatic carboxylic acids is 1. The zero-order chi connectivity index (χ0) is 15.1. The Morgan fingerprint density at radius 3 is 2.48 bits per heavy atom. The molecule has 1 heterocycles. The molecule has 1 amide bonds. The molecule has 5 heteroatoms. The van der Waals surface area contributed by atoms with E-state index in [4.69, 9.17) is 5.11 Å². The summed E-state index contributed by atoms with van der Waals surface area (Å²) in [4.78, 5) is 22.6. The molecule has 0 radical (unpaired) electrons. The predicted octanol–water partition coefficient (Wildman–Crippen LogP) is 2.58. The van der Waals surface area contributed by atoms with Gasteiger partial charge in [0, 0.05) is 13.0 Å². The maximum Gasteiger partial charge on any atom is 0.335 e. The number of hydrogen-bond acceptors (Lipinski definition) is 3. The molecule has 1 aromatic carbocycles. The summed E-state index contributed by atoms with van der Waals surface area (Å²) in [5.74, 6) is 2.19. The molecule has 114 valence electrons. The Labute approximate surface area is 129 Å². The van der Waals surface area contributed by atoms with Crippen LogP contribution >= 0.6 is 11.8 Å². The molecule has 4 nitrogen and oxygen atoms in total. The van der Waals surface area contributed by atoms with Crippen LogP contribution in [-0.4, -0.2) is 35.0 Å². The van der Waals surface area contributed by atoms with Crippen molar-refractivity contribution in [2.75, 3.05) is 18.1 Å². The van der Waals surface area contributed by atoms with Gasteiger partial charge in [-0.05, 0) is 54.4 Å². The summed E-state index contributed by atoms with van der Waals surface area (Å²) in [6, 6.07) is 6.70. The summed E-state index contributed by atoms with van der Waals surface area (Å²) in [5, 5.41) is 11.8. The number of aryl methyl sites for hydroxylation is 1. The highest BCUT2D eigenvalue weighted by Gasteiger charge is 2.14. The summed E-state index contributed by atoms with van der Waals surface area (Å²) >= 11 is 1.99. The zero-order valence-corrected chi connectivity index (χ0v) is 12.8. The molecule has 1 fully saturated rings. The number of rotatable bonds is 6. The molecule has 1 aliphatic heterocycles. The number of amides is 1. The average Bonchev–Trinajstić information content (AvgIpc) is 2.52. The van der Waals surface area contributed by atoms with Crippen LogP contribution in [0.15, 0.2) is 24.3 Å². The molecule has 0 saturated carbocycles. The highest BCUT2D eigenvalue weighted by molar-refractivity contribution is 7.99. The van der Waals surface area contributed by atoms with Gasteiger partial charge in [0.1, 0.15) is 0 Å². The summed E-state index contributed by atoms with van der Waals surface area (Å²) in [6.45, 7) is 0.789. The van der Waals surface area contributed by atoms with Gasteiger partial charge in [0.15, 0.2) is 0 Å². The lowest BCUT2D eigenvalue weighted by Gasteiger charge is -2.21. The minimum atomic E-state index is -0.926. The van der Waals surface area contributed by atoms with Crippen molar-refractivity contribution in [3.63, 3.8) is 0 Å². The predicted molar refractivity (Wildman–Crippen MR) is 84.8 cm³/mol. The van der Waals surface area contributed by atoms with Gasteiger partial charge in [0.05, 0.1) is 5.56 Å². The zero-order valence-electron chi connectivity index (χ0n) is 12.0. The van der Waals surface area contributed by atoms with Gasteiger partial charge in [-0.1, -0.05) is 12.1 Å². The molecule has 1 aliphatic rings. The van der Waals surface area contributed by atoms with Crippen molar-refractivity contribution in [1.82, 2.24) is 5.32 Å². The molecule has 0 bridgehead atoms. The highest BCUT2D eigenvalue weighted by Crippen LogP contribution is 2.21. The molecule has 0 unspecified atom stereocenters. The van der Waals surface area contributed by atoms with E-state index < -0.39 is 5.97 Å². The normalized spacial score (nSPS) is 15.6. The van der Waals surface area contributed by atoms with E-state index >= 15 is 0 Å². The van der Waals surface area contributed by atoms with Gasteiger partial charge < -0.3 is 10.4 Å². The van der Waals surface area contributed by atoms with Gasteiger partial charge >= 0.3 is 5.97 Å². The van der Waals surface area contributed by atoms with E-state index in [9.17, 15) is 9.59 Å². The lowest BCUT2D eigenvalue weighted by atomic mass is 10.0. The lowest BCUT2D eigenvalue weighted by Crippen LogP contribution is -2.31. The third kappa shape index (κ3) is 5.42. The maximum atomic E-state index is 11.8. The second-order valence-corrected chi connectivity index (χ2v) is 6.59. The van der Waals surface area contributed by atoms with Gasteiger partial charge in [0.2, 0.25) is 5.91 Å². The monoisotopic (exact) mass is 307 g/mol. The molecular formula is C16H21NO3S. The molecule has 2 rings (SSSR count). The van der Waals surface area contributed by atoms with Crippen LogP contribution in [0.25, 0.3) is 0 Å². The third-order valence-corrected chi connectivity index (χ3v) is 4.82. The largest absolute Gasteiger partial charge is 0.478 e. The van der Waals surface area contributed by atoms with Crippen LogP contribution in [0, 0.1) is 5.92 Å². The molecule has 1 aromatic rings. The lowest BCUT2D eigenvalue weighted by molar-refractivity contribution is -0.121. The van der Waals surface area contributed by atoms with E-state index in [2.05, 4.69) is 5.32 Å². The van der Waals surface area contributed by atoms with Gasteiger partial charge in [-0.3, -0.25) is 4.79 Å². The third-order valence-electron chi connectivity index (χ3n) is 3.77. The molecule has 1 saturated heterocycles. The van der Waals surface area contributed by atoms with Crippen LogP contribution < -0.4 is 5.32 Å². The molecule has 2 N–H and O–H groups in total. The van der Waals surface area contributed by atoms with E-state index in [0.29, 0.717) is 18.8 Å². The maximum absolute atomic E-state index is 11.8. The first-order chi connectivity index (χ1) is 10.1. The van der Waals surface area contributed by atoms with Crippen molar-refractivity contribution in [3.8, 4) is 0 Å². The number of carboxylic acid groups (broad SMARTS) is 1. The second-order valence-electron chi connectivity index (χ2n) is 5.36. The SMILES string of the molecule is O=C(CCc1ccc(C(=O)O)cc1)NCC1CCSCC1. The fourth-order valence-corrected chi connectivity index (χ4v) is 3.57. The van der Waals surface area contributed by atoms with Crippen LogP contribution in [0.2, 0.25) is 0 Å². The van der Waals surface area contributed by atoms with Gasteiger partial charge in [-0.25, -0.2) is 4.79 Å². The molecule has 0 aliphatic carbocycles. The first-order valence-electron chi connectivity index (χ1n) is 7.32. The number of carbonyl (C=O) groups excluding carboxylic acids is 1. The van der Waals surface area contributed by atoms with Crippen LogP contribution in [-0.2, 0) is 11.2 Å². The summed E-state index contributed by atoms with van der Waals surface area (Å²) in [7, 11) is 0. The molecular weight excluding hydrogens is 286 g/mol. The number of carbonyl (C=O) groups is 2. The quantitative estimate of drug-likeness (QED) is 0.847. The smallest absolute Gasteiger partial charge is 0.335 e. The number of thioether (sulfide) groups is 1. The topological polar surface area (TPSA) is 66.4 Å². The number of hydrogen-bond donors (Lipinski definition) is 2. The first kappa shape index (κ1) is 15.9. The van der Waals surface area contributed by atoms with E-state index in [-0.39, 0.29) is 11.5 Å². The molecule has 0 aromatic heterocycles. The minimum absolute atomic E-state index is 0.0792. The highest BCUT2D eigenvalue weighted by atomic mass is 32.2. The van der Waals surface area contributed by atoms with Gasteiger partial charge in [-0.15, -0.1) is 0 Å². The number of benzene rings is 1. The van der Waals surface area contributed by atoms with Crippen molar-refractivity contribution < 1.29 is 14.7 Å². The summed E-state index contributed by atoms with van der Waals surface area (Å²) < 4.78 is 0. The summed E-state index contributed by atoms with van der Waals surface area (Å²) in [5.41, 5.74) is 1.27. The fourth-order valence-electron chi connectivity index (χ4n) is 2.37. The van der Waals surface area contributed by atoms with Crippen molar-refractivity contribution in [2.24, 2.45) is 5.92 Å². The van der Waals surface area contributed by atoms with E-state index in [1.54, 1.807) is 24.3 Å². The van der Waals surface area contributed by atoms with Crippen LogP contribution in [0.4, 0.5) is 0 Å². The van der Waals surface area contributed by atoms with E-state index in [0.717, 1.165) is 12.1 Å². The first-order valence-corrected chi connectivity index (χ1v) is 8.47. The Balaban J connectivity index is 1.69. The van der Waals surface area contributed by atoms with Crippen molar-refractivity contribution in [1.29, 1.82) is 0 Å². The average molecular weight is 307 g/mol. The van der Waals surface area contributed by atoms with Gasteiger partial charge in [0.25, 0.3) is 0 Å². The van der Waals surface area contributed by atoms with Crippen LogP contribution in [0.3, 0.4) is 0 Å². The summed E-state index contributed by atoms with van der Waals surface area (Å²) in [6.07, 6.45) is 3.49. The van der Waals surface area contributed by atoms with E-state index in [1.165, 1.54) is 24.3 Å². The standard InChI is InChI=1S/C16H21NO3S/c18-15(17-11-13-7-9-21-10-8-13)6-3-12-1-4-14(5-2-12)16(19)20/h1-2,4-5,13H,3,6-11H2,(H,17,18)(H,19,20). The minimum Gasteiger partial charge on any atom is -0.478 e. The molecule has 0 spiro atoms. The van der Waals surface area contributed by atoms with Crippen molar-refractivity contribution >= 4 is 23.6 Å². The number of nitrogens with one attached hydrogen (secondary N) is 1. The Kier molecular flexibility index (Phi) is 6.11. The molecule has 21 heavy (non-hydrogen) atoms. The second kappa shape index (κ2) is 8.08. The Morgan fingerprint density at radius 2 is 1.86 bits per heavy atom. The van der Waals surface area contributed by atoms with Crippen LogP contribution in [0.1, 0.15) is 35.2 Å². The fraction of sp³-hybridized carbons (Fsp3) is 0.500.